The molecule has 0 saturated carbocycles. The second-order valence-corrected chi connectivity index (χ2v) is 7.00. The fourth-order valence-corrected chi connectivity index (χ4v) is 2.85. The van der Waals surface area contributed by atoms with Crippen LogP contribution in [0.25, 0.3) is 0 Å². The van der Waals surface area contributed by atoms with E-state index in [4.69, 9.17) is 9.36 Å². The van der Waals surface area contributed by atoms with Gasteiger partial charge in [-0.2, -0.15) is 0 Å². The zero-order valence-corrected chi connectivity index (χ0v) is 17.5. The van der Waals surface area contributed by atoms with Crippen LogP contribution in [0.2, 0.25) is 0 Å². The summed E-state index contributed by atoms with van der Waals surface area (Å²) in [6.07, 6.45) is -0.226. The summed E-state index contributed by atoms with van der Waals surface area (Å²) in [6.45, 7) is 3.56. The fraction of sp³-hybridized carbons (Fsp3) is 0.118. The minimum Gasteiger partial charge on any atom is -0.467 e. The average Bonchev–Trinajstić information content (AvgIpc) is 2.59. The minimum atomic E-state index is -3.30. The van der Waals surface area contributed by atoms with E-state index in [0.717, 1.165) is 0 Å². The zero-order valence-electron chi connectivity index (χ0n) is 13.6. The Morgan fingerprint density at radius 2 is 1.68 bits per heavy atom. The van der Waals surface area contributed by atoms with E-state index in [9.17, 15) is 9.36 Å². The molecular weight excluding hydrogens is 511 g/mol. The van der Waals surface area contributed by atoms with Crippen LogP contribution in [0.5, 0.6) is 5.75 Å². The van der Waals surface area contributed by atoms with Crippen molar-refractivity contribution in [3.05, 3.63) is 72.9 Å². The molecule has 0 saturated heterocycles. The molecule has 2 aromatic carbocycles. The predicted molar refractivity (Wildman–Crippen MR) is 93.0 cm³/mol. The molecular formula is C17H18N2O4PW-. The molecule has 2 rings (SSSR count). The maximum atomic E-state index is 12.4. The van der Waals surface area contributed by atoms with Crippen LogP contribution in [-0.2, 0) is 35.3 Å². The number of oxime groups is 1. The van der Waals surface area contributed by atoms with Gasteiger partial charge in [0.1, 0.15) is 20.2 Å². The number of carbonyl (C=O) groups is 1. The molecule has 0 spiro atoms. The first-order valence-corrected chi connectivity index (χ1v) is 9.14. The van der Waals surface area contributed by atoms with Crippen molar-refractivity contribution in [3.63, 3.8) is 0 Å². The maximum absolute atomic E-state index is 12.4. The van der Waals surface area contributed by atoms with Crippen LogP contribution in [0, 0.1) is 6.66 Å². The molecule has 0 fully saturated rings. The number of nitrogens with zero attached hydrogens (tertiary/aromatic N) is 1. The van der Waals surface area contributed by atoms with Crippen molar-refractivity contribution in [2.75, 3.05) is 13.4 Å². The van der Waals surface area contributed by atoms with Gasteiger partial charge in [-0.05, 0) is 12.1 Å². The van der Waals surface area contributed by atoms with E-state index in [0.29, 0.717) is 11.3 Å². The van der Waals surface area contributed by atoms with E-state index in [1.54, 1.807) is 48.5 Å². The van der Waals surface area contributed by atoms with E-state index in [1.807, 2.05) is 12.1 Å². The Balaban J connectivity index is 0.00000312. The third-order valence-electron chi connectivity index (χ3n) is 2.94. The van der Waals surface area contributed by atoms with Crippen LogP contribution in [0.1, 0.15) is 5.56 Å². The molecule has 1 amide bonds. The number of nitrogens with one attached hydrogen (secondary N) is 1. The Morgan fingerprint density at radius 1 is 1.12 bits per heavy atom. The average molecular weight is 529 g/mol. The molecule has 0 aromatic heterocycles. The topological polar surface area (TPSA) is 77.0 Å². The maximum Gasteiger partial charge on any atom is 0.274 e. The summed E-state index contributed by atoms with van der Waals surface area (Å²) >= 11 is 0. The van der Waals surface area contributed by atoms with Crippen molar-refractivity contribution in [1.82, 2.24) is 5.32 Å². The first-order valence-electron chi connectivity index (χ1n) is 7.15. The number of para-hydroxylation sites is 1. The third-order valence-corrected chi connectivity index (χ3v) is 4.12. The van der Waals surface area contributed by atoms with E-state index < -0.39 is 13.3 Å². The van der Waals surface area contributed by atoms with Crippen LogP contribution in [0.3, 0.4) is 0 Å². The van der Waals surface area contributed by atoms with Gasteiger partial charge in [0.2, 0.25) is 0 Å². The van der Waals surface area contributed by atoms with Gasteiger partial charge < -0.3 is 19.2 Å². The minimum absolute atomic E-state index is 0. The van der Waals surface area contributed by atoms with E-state index in [-0.39, 0.29) is 33.1 Å². The number of rotatable bonds is 7. The summed E-state index contributed by atoms with van der Waals surface area (Å²) in [5, 5.41) is 6.26. The molecule has 0 bridgehead atoms. The van der Waals surface area contributed by atoms with Crippen LogP contribution < -0.4 is 9.84 Å². The molecule has 1 atom stereocenters. The second-order valence-electron chi connectivity index (χ2n) is 4.87. The molecule has 1 N–H and O–H groups in total. The van der Waals surface area contributed by atoms with E-state index in [2.05, 4.69) is 17.1 Å². The van der Waals surface area contributed by atoms with E-state index in [1.165, 1.54) is 7.11 Å². The van der Waals surface area contributed by atoms with Gasteiger partial charge in [0.25, 0.3) is 5.91 Å². The van der Waals surface area contributed by atoms with Gasteiger partial charge in [-0.25, -0.2) is 6.66 Å². The SMILES string of the molecule is [CH2-]P(=O)(CNC(=O)/C(=N\OC)c1ccccc1)Oc1ccccc1.[W]. The molecule has 6 nitrogen and oxygen atoms in total. The number of amides is 1. The summed E-state index contributed by atoms with van der Waals surface area (Å²) in [5.41, 5.74) is 0.664. The molecule has 0 aliphatic rings. The van der Waals surface area contributed by atoms with Crippen molar-refractivity contribution < 1.29 is 39.8 Å². The molecule has 0 aliphatic carbocycles. The molecule has 25 heavy (non-hydrogen) atoms. The molecule has 132 valence electrons. The standard InChI is InChI=1S/C17H18N2O4P.W/c1-22-19-16(14-9-5-3-6-10-14)17(20)18-13-24(2,21)23-15-11-7-4-8-12-15;/h3-12H,2,13H2,1H3,(H,18,20);/q-1;/b19-16-;. The summed E-state index contributed by atoms with van der Waals surface area (Å²) in [7, 11) is -1.95. The molecule has 0 radical (unpaired) electrons. The van der Waals surface area contributed by atoms with Gasteiger partial charge in [0.05, 0.1) is 6.29 Å². The van der Waals surface area contributed by atoms with Gasteiger partial charge in [-0.1, -0.05) is 53.7 Å². The molecule has 8 heteroatoms. The Hall–Kier alpha value is -1.90. The van der Waals surface area contributed by atoms with Gasteiger partial charge in [0.15, 0.2) is 5.71 Å². The first-order chi connectivity index (χ1) is 11.5. The Kier molecular flexibility index (Phi) is 8.60. The third kappa shape index (κ3) is 6.85. The van der Waals surface area contributed by atoms with Gasteiger partial charge >= 0.3 is 0 Å². The number of benzene rings is 2. The smallest absolute Gasteiger partial charge is 0.274 e. The summed E-state index contributed by atoms with van der Waals surface area (Å²) < 4.78 is 17.7. The monoisotopic (exact) mass is 529 g/mol. The number of hydrogen-bond donors (Lipinski definition) is 1. The summed E-state index contributed by atoms with van der Waals surface area (Å²) in [5.74, 6) is -0.0949. The number of carbonyl (C=O) groups excluding carboxylic acids is 1. The predicted octanol–water partition coefficient (Wildman–Crippen LogP) is 3.26. The summed E-state index contributed by atoms with van der Waals surface area (Å²) in [4.78, 5) is 17.0. The summed E-state index contributed by atoms with van der Waals surface area (Å²) in [6, 6.07) is 17.5. The Labute approximate surface area is 161 Å². The fourth-order valence-electron chi connectivity index (χ4n) is 1.89. The normalized spacial score (nSPS) is 13.1. The van der Waals surface area contributed by atoms with Gasteiger partial charge in [0, 0.05) is 26.6 Å². The number of hydrogen-bond acceptors (Lipinski definition) is 5. The van der Waals surface area contributed by atoms with Gasteiger partial charge in [-0.15, -0.1) is 0 Å². The van der Waals surface area contributed by atoms with Crippen molar-refractivity contribution in [3.8, 4) is 5.75 Å². The largest absolute Gasteiger partial charge is 0.467 e. The zero-order chi connectivity index (χ0) is 17.4. The second kappa shape index (κ2) is 10.2. The Morgan fingerprint density at radius 3 is 2.24 bits per heavy atom. The molecule has 2 aromatic rings. The molecule has 0 heterocycles. The van der Waals surface area contributed by atoms with Crippen molar-refractivity contribution in [2.45, 2.75) is 0 Å². The van der Waals surface area contributed by atoms with Crippen LogP contribution in [0.4, 0.5) is 0 Å². The quantitative estimate of drug-likeness (QED) is 0.259. The van der Waals surface area contributed by atoms with Crippen LogP contribution in [-0.4, -0.2) is 25.0 Å². The first kappa shape index (κ1) is 21.1. The van der Waals surface area contributed by atoms with Crippen molar-refractivity contribution >= 4 is 19.0 Å². The van der Waals surface area contributed by atoms with Crippen LogP contribution >= 0.6 is 7.37 Å². The van der Waals surface area contributed by atoms with Crippen LogP contribution in [0.15, 0.2) is 65.8 Å². The van der Waals surface area contributed by atoms with Crippen molar-refractivity contribution in [2.24, 2.45) is 5.16 Å². The van der Waals surface area contributed by atoms with E-state index >= 15 is 0 Å². The molecule has 0 aliphatic heterocycles. The van der Waals surface area contributed by atoms with Gasteiger partial charge in [-0.3, -0.25) is 4.79 Å². The van der Waals surface area contributed by atoms with Crippen molar-refractivity contribution in [1.29, 1.82) is 0 Å². The Bertz CT molecular complexity index is 754. The molecule has 1 unspecified atom stereocenters.